The number of carbonyl (C=O) groups is 4. The van der Waals surface area contributed by atoms with Gasteiger partial charge in [0.15, 0.2) is 5.75 Å². The van der Waals surface area contributed by atoms with E-state index in [0.29, 0.717) is 5.56 Å². The fourth-order valence-corrected chi connectivity index (χ4v) is 8.17. The quantitative estimate of drug-likeness (QED) is 0.0840. The van der Waals surface area contributed by atoms with E-state index in [1.807, 2.05) is 0 Å². The van der Waals surface area contributed by atoms with Crippen molar-refractivity contribution in [3.8, 4) is 23.0 Å². The number of carbonyl (C=O) groups excluding carboxylic acids is 4. The summed E-state index contributed by atoms with van der Waals surface area (Å²) in [6, 6.07) is 6.57. The van der Waals surface area contributed by atoms with Crippen molar-refractivity contribution in [1.82, 2.24) is 5.32 Å². The molecule has 5 bridgehead atoms. The minimum absolute atomic E-state index is 0.0350. The van der Waals surface area contributed by atoms with Gasteiger partial charge in [-0.05, 0) is 37.6 Å². The molecule has 1 amide bonds. The molecule has 340 valence electrons. The van der Waals surface area contributed by atoms with Crippen LogP contribution in [0.4, 0.5) is 5.69 Å². The normalized spacial score (nSPS) is 28.7. The number of aliphatic hydroxyl groups is 2. The van der Waals surface area contributed by atoms with E-state index < -0.39 is 94.8 Å². The van der Waals surface area contributed by atoms with Gasteiger partial charge in [0.25, 0.3) is 11.7 Å². The summed E-state index contributed by atoms with van der Waals surface area (Å²) in [6.07, 6.45) is 3.42. The number of benzene rings is 3. The molecule has 0 spiro atoms. The smallest absolute Gasteiger partial charge is 0.337 e. The van der Waals surface area contributed by atoms with E-state index in [-0.39, 0.29) is 57.6 Å². The van der Waals surface area contributed by atoms with Crippen LogP contribution in [0.2, 0.25) is 0 Å². The molecule has 16 heteroatoms. The second kappa shape index (κ2) is 19.6. The Morgan fingerprint density at radius 2 is 1.54 bits per heavy atom. The van der Waals surface area contributed by atoms with Gasteiger partial charge in [0.05, 0.1) is 53.9 Å². The van der Waals surface area contributed by atoms with Crippen LogP contribution in [0.1, 0.15) is 85.9 Å². The zero-order valence-corrected chi connectivity index (χ0v) is 37.1. The van der Waals surface area contributed by atoms with Crippen molar-refractivity contribution in [2.45, 2.75) is 98.7 Å². The summed E-state index contributed by atoms with van der Waals surface area (Å²) < 4.78 is 28.4. The van der Waals surface area contributed by atoms with Crippen molar-refractivity contribution in [3.05, 3.63) is 88.2 Å². The average Bonchev–Trinajstić information content (AvgIpc) is 3.52. The number of phenolic OH excluding ortho intramolecular Hbond substituents is 3. The second-order valence-corrected chi connectivity index (χ2v) is 16.5. The number of ether oxygens (including phenoxy) is 5. The number of fused-ring (bicyclic) bond motifs is 14. The first kappa shape index (κ1) is 48.1. The maximum absolute atomic E-state index is 14.5. The van der Waals surface area contributed by atoms with Crippen LogP contribution in [0.3, 0.4) is 0 Å². The van der Waals surface area contributed by atoms with Crippen LogP contribution >= 0.6 is 0 Å². The van der Waals surface area contributed by atoms with Crippen LogP contribution in [0.25, 0.3) is 10.8 Å². The molecule has 63 heavy (non-hydrogen) atoms. The summed E-state index contributed by atoms with van der Waals surface area (Å²) in [7, 11) is 2.70. The van der Waals surface area contributed by atoms with Crippen molar-refractivity contribution in [2.24, 2.45) is 23.7 Å². The zero-order chi connectivity index (χ0) is 46.7. The highest BCUT2D eigenvalue weighted by molar-refractivity contribution is 6.22. The number of phenols is 3. The SMILES string of the molecule is COC(=O)c1ccc(CNCc2c3c(O)c4c(O)c(C)c5c(c4c2O)C(=O)[C@@](C)(O/C=C/[C@H](OC)[C@@H](C)[C@@H](OC(C)=O)[C@H](C)[C@H](O)[C@H](C)[C@@H](O)[C@@H](C)/C=C/C=C(/C)C(=O)N3)O5)cc1. The number of aromatic hydroxyl groups is 3. The molecule has 16 nitrogen and oxygen atoms in total. The Bertz CT molecular complexity index is 2340. The molecule has 6 rings (SSSR count). The van der Waals surface area contributed by atoms with Gasteiger partial charge in [-0.2, -0.15) is 0 Å². The molecule has 0 unspecified atom stereocenters. The molecule has 7 N–H and O–H groups in total. The highest BCUT2D eigenvalue weighted by atomic mass is 16.7. The highest BCUT2D eigenvalue weighted by Crippen LogP contribution is 2.55. The third-order valence-corrected chi connectivity index (χ3v) is 12.1. The zero-order valence-electron chi connectivity index (χ0n) is 37.1. The predicted molar refractivity (Wildman–Crippen MR) is 232 cm³/mol. The molecule has 9 atom stereocenters. The summed E-state index contributed by atoms with van der Waals surface area (Å²) in [6.45, 7) is 12.4. The van der Waals surface area contributed by atoms with Gasteiger partial charge in [0.2, 0.25) is 0 Å². The number of amides is 1. The fraction of sp³-hybridized carbons (Fsp3) is 0.447. The molecule has 3 aromatic carbocycles. The minimum atomic E-state index is -2.07. The van der Waals surface area contributed by atoms with Crippen molar-refractivity contribution in [2.75, 3.05) is 19.5 Å². The van der Waals surface area contributed by atoms with Crippen molar-refractivity contribution in [3.63, 3.8) is 0 Å². The molecule has 0 saturated heterocycles. The Balaban J connectivity index is 1.66. The highest BCUT2D eigenvalue weighted by Gasteiger charge is 2.50. The molecule has 3 aliphatic heterocycles. The van der Waals surface area contributed by atoms with Crippen molar-refractivity contribution in [1.29, 1.82) is 0 Å². The number of esters is 2. The monoisotopic (exact) mass is 874 g/mol. The Morgan fingerprint density at radius 3 is 2.16 bits per heavy atom. The molecular weight excluding hydrogens is 817 g/mol. The Hall–Kier alpha value is -5.94. The first-order valence-corrected chi connectivity index (χ1v) is 20.6. The van der Waals surface area contributed by atoms with E-state index in [2.05, 4.69) is 10.6 Å². The van der Waals surface area contributed by atoms with Gasteiger partial charge in [-0.3, -0.25) is 14.4 Å². The van der Waals surface area contributed by atoms with Crippen molar-refractivity contribution >= 4 is 40.1 Å². The summed E-state index contributed by atoms with van der Waals surface area (Å²) in [5, 5.41) is 63.9. The van der Waals surface area contributed by atoms with E-state index in [1.54, 1.807) is 64.1 Å². The van der Waals surface area contributed by atoms with E-state index >= 15 is 0 Å². The van der Waals surface area contributed by atoms with Gasteiger partial charge in [-0.15, -0.1) is 0 Å². The number of hydrogen-bond acceptors (Lipinski definition) is 15. The second-order valence-electron chi connectivity index (χ2n) is 16.5. The van der Waals surface area contributed by atoms with E-state index in [9.17, 15) is 44.7 Å². The number of allylic oxidation sites excluding steroid dienone is 2. The lowest BCUT2D eigenvalue weighted by Gasteiger charge is -2.38. The Labute approximate surface area is 366 Å². The van der Waals surface area contributed by atoms with E-state index in [4.69, 9.17) is 23.7 Å². The standard InChI is InChI=1S/C47H58N2O14/c1-22-12-11-13-23(2)45(57)49-36-31(21-48-20-29-14-16-30(17-15-29)46(58)60-10)40(54)33-34(41(36)55)39(53)27(6)43-35(33)44(56)47(8,63-43)61-19-18-32(59-9)24(3)42(62-28(7)50)26(5)38(52)25(4)37(22)51/h11-19,22,24-26,32,37-38,42,48,51-55H,20-21H2,1-10H3,(H,49,57)/b12-11+,19-18+,23-13-/t22-,24+,25+,26+,32-,37-,38+,42+,47-/m0/s1. The van der Waals surface area contributed by atoms with Gasteiger partial charge in [0.1, 0.15) is 23.4 Å². The molecule has 3 aliphatic rings. The van der Waals surface area contributed by atoms with Crippen LogP contribution in [0.15, 0.2) is 60.4 Å². The van der Waals surface area contributed by atoms with Gasteiger partial charge >= 0.3 is 17.7 Å². The lowest BCUT2D eigenvalue weighted by atomic mass is 9.78. The van der Waals surface area contributed by atoms with Crippen molar-refractivity contribution < 1.29 is 68.4 Å². The average molecular weight is 875 g/mol. The molecule has 0 aliphatic carbocycles. The first-order chi connectivity index (χ1) is 29.7. The minimum Gasteiger partial charge on any atom is -0.507 e. The summed E-state index contributed by atoms with van der Waals surface area (Å²) >= 11 is 0. The number of Topliss-reactive ketones (excluding diaryl/α,β-unsaturated/α-hetero) is 1. The Morgan fingerprint density at radius 1 is 0.873 bits per heavy atom. The maximum Gasteiger partial charge on any atom is 0.337 e. The summed E-state index contributed by atoms with van der Waals surface area (Å²) in [5.74, 6) is -9.04. The van der Waals surface area contributed by atoms with Crippen LogP contribution in [-0.2, 0) is 41.6 Å². The number of nitrogens with one attached hydrogen (secondary N) is 2. The van der Waals surface area contributed by atoms with E-state index in [1.165, 1.54) is 60.3 Å². The third kappa shape index (κ3) is 9.69. The molecular formula is C47H58N2O14. The van der Waals surface area contributed by atoms with Gasteiger partial charge in [-0.1, -0.05) is 58.1 Å². The summed E-state index contributed by atoms with van der Waals surface area (Å²) in [5.41, 5.74) is 0.774. The predicted octanol–water partition coefficient (Wildman–Crippen LogP) is 5.83. The molecule has 0 radical (unpaired) electrons. The van der Waals surface area contributed by atoms with Crippen LogP contribution in [-0.4, -0.2) is 93.6 Å². The first-order valence-electron chi connectivity index (χ1n) is 20.6. The largest absolute Gasteiger partial charge is 0.507 e. The molecule has 0 saturated carbocycles. The number of ketones is 1. The van der Waals surface area contributed by atoms with Gasteiger partial charge < -0.3 is 59.9 Å². The lowest BCUT2D eigenvalue weighted by Crippen LogP contribution is -2.46. The Kier molecular flexibility index (Phi) is 15.0. The molecule has 0 fully saturated rings. The molecule has 3 heterocycles. The van der Waals surface area contributed by atoms with Crippen LogP contribution < -0.4 is 15.4 Å². The fourth-order valence-electron chi connectivity index (χ4n) is 8.17. The van der Waals surface area contributed by atoms with Gasteiger partial charge in [-0.25, -0.2) is 4.79 Å². The molecule has 0 aromatic heterocycles. The van der Waals surface area contributed by atoms with Crippen LogP contribution in [0.5, 0.6) is 23.0 Å². The van der Waals surface area contributed by atoms with Gasteiger partial charge in [0, 0.05) is 79.8 Å². The maximum atomic E-state index is 14.5. The third-order valence-electron chi connectivity index (χ3n) is 12.1. The summed E-state index contributed by atoms with van der Waals surface area (Å²) in [4.78, 5) is 52.6. The number of methoxy groups -OCH3 is 2. The lowest BCUT2D eigenvalue weighted by molar-refractivity contribution is -0.160. The number of anilines is 1. The topological polar surface area (TPSA) is 240 Å². The molecule has 3 aromatic rings. The number of aliphatic hydroxyl groups excluding tert-OH is 2. The number of hydrogen-bond donors (Lipinski definition) is 7. The van der Waals surface area contributed by atoms with Crippen LogP contribution in [0, 0.1) is 30.6 Å². The number of rotatable bonds is 7. The van der Waals surface area contributed by atoms with E-state index in [0.717, 1.165) is 5.56 Å².